The van der Waals surface area contributed by atoms with Crippen LogP contribution in [0, 0.1) is 0 Å². The highest BCUT2D eigenvalue weighted by atomic mass is 15.0. The highest BCUT2D eigenvalue weighted by Crippen LogP contribution is 2.37. The highest BCUT2D eigenvalue weighted by molar-refractivity contribution is 6.01. The molecule has 2 heterocycles. The van der Waals surface area contributed by atoms with E-state index in [2.05, 4.69) is 145 Å². The van der Waals surface area contributed by atoms with E-state index in [1.54, 1.807) is 0 Å². The minimum absolute atomic E-state index is 0.613. The van der Waals surface area contributed by atoms with E-state index in [4.69, 9.17) is 15.0 Å². The van der Waals surface area contributed by atoms with E-state index in [0.29, 0.717) is 17.5 Å². The number of nitrogens with zero attached hydrogens (tertiary/aromatic N) is 4. The molecule has 9 aromatic carbocycles. The standard InChI is InChI=1S/C52H32N4/c1-2-9-33(10-3-1)50-54-51(43-20-21-49-42(29-43)15-8-22-53-49)56-52(55-50)48-31-46(40-18-16-38-23-34-11-4-6-13-36(34)25-44(38)27-40)30-47(32-48)41-19-17-39-24-35-12-5-7-14-37(35)26-45(39)28-41/h1-32H. The van der Waals surface area contributed by atoms with Gasteiger partial charge in [0.1, 0.15) is 0 Å². The lowest BCUT2D eigenvalue weighted by atomic mass is 9.92. The molecule has 0 radical (unpaired) electrons. The van der Waals surface area contributed by atoms with E-state index in [1.807, 2.05) is 54.7 Å². The first kappa shape index (κ1) is 31.9. The molecule has 2 aromatic heterocycles. The van der Waals surface area contributed by atoms with E-state index in [0.717, 1.165) is 49.8 Å². The summed E-state index contributed by atoms with van der Waals surface area (Å²) in [6.07, 6.45) is 1.82. The van der Waals surface area contributed by atoms with Gasteiger partial charge in [0.2, 0.25) is 0 Å². The Hall–Kier alpha value is -7.56. The Morgan fingerprint density at radius 3 is 1.25 bits per heavy atom. The molecule has 4 heteroatoms. The maximum Gasteiger partial charge on any atom is 0.164 e. The molecule has 0 saturated carbocycles. The van der Waals surface area contributed by atoms with Gasteiger partial charge in [-0.15, -0.1) is 0 Å². The number of fused-ring (bicyclic) bond motifs is 5. The van der Waals surface area contributed by atoms with Crippen LogP contribution >= 0.6 is 0 Å². The van der Waals surface area contributed by atoms with Crippen LogP contribution in [0.25, 0.3) is 110 Å². The van der Waals surface area contributed by atoms with Crippen molar-refractivity contribution < 1.29 is 0 Å². The highest BCUT2D eigenvalue weighted by Gasteiger charge is 2.16. The van der Waals surface area contributed by atoms with Gasteiger partial charge in [-0.25, -0.2) is 15.0 Å². The Bertz CT molecular complexity index is 3180. The van der Waals surface area contributed by atoms with Crippen molar-refractivity contribution in [3.8, 4) is 56.4 Å². The van der Waals surface area contributed by atoms with Crippen molar-refractivity contribution in [2.24, 2.45) is 0 Å². The van der Waals surface area contributed by atoms with Gasteiger partial charge in [0, 0.05) is 28.3 Å². The zero-order valence-corrected chi connectivity index (χ0v) is 30.3. The van der Waals surface area contributed by atoms with Gasteiger partial charge in [-0.1, -0.05) is 109 Å². The average Bonchev–Trinajstić information content (AvgIpc) is 3.27. The summed E-state index contributed by atoms with van der Waals surface area (Å²) in [6, 6.07) is 66.8. The van der Waals surface area contributed by atoms with Crippen LogP contribution in [0.3, 0.4) is 0 Å². The minimum Gasteiger partial charge on any atom is -0.256 e. The Kier molecular flexibility index (Phi) is 7.46. The summed E-state index contributed by atoms with van der Waals surface area (Å²) in [5.41, 5.74) is 8.11. The Labute approximate surface area is 323 Å². The predicted octanol–water partition coefficient (Wildman–Crippen LogP) is 13.4. The second-order valence-corrected chi connectivity index (χ2v) is 14.4. The molecule has 0 spiro atoms. The van der Waals surface area contributed by atoms with Crippen LogP contribution in [-0.2, 0) is 0 Å². The second-order valence-electron chi connectivity index (χ2n) is 14.4. The van der Waals surface area contributed by atoms with Crippen LogP contribution in [0.1, 0.15) is 0 Å². The molecular weight excluding hydrogens is 681 g/mol. The Morgan fingerprint density at radius 1 is 0.232 bits per heavy atom. The number of hydrogen-bond acceptors (Lipinski definition) is 4. The van der Waals surface area contributed by atoms with Crippen molar-refractivity contribution in [3.63, 3.8) is 0 Å². The molecule has 0 aliphatic heterocycles. The molecule has 11 aromatic rings. The quantitative estimate of drug-likeness (QED) is 0.167. The maximum absolute atomic E-state index is 5.20. The molecule has 0 aliphatic rings. The lowest BCUT2D eigenvalue weighted by molar-refractivity contribution is 1.07. The van der Waals surface area contributed by atoms with Crippen molar-refractivity contribution in [1.82, 2.24) is 19.9 Å². The molecule has 0 bridgehead atoms. The summed E-state index contributed by atoms with van der Waals surface area (Å²) < 4.78 is 0. The first-order chi connectivity index (χ1) is 27.7. The van der Waals surface area contributed by atoms with Crippen LogP contribution in [0.4, 0.5) is 0 Å². The summed E-state index contributed by atoms with van der Waals surface area (Å²) in [5, 5.41) is 10.8. The molecular formula is C52H32N4. The van der Waals surface area contributed by atoms with E-state index in [9.17, 15) is 0 Å². The van der Waals surface area contributed by atoms with Crippen molar-refractivity contribution in [1.29, 1.82) is 0 Å². The average molecular weight is 713 g/mol. The van der Waals surface area contributed by atoms with Gasteiger partial charge < -0.3 is 0 Å². The number of pyridine rings is 1. The topological polar surface area (TPSA) is 51.6 Å². The summed E-state index contributed by atoms with van der Waals surface area (Å²) in [6.45, 7) is 0. The van der Waals surface area contributed by atoms with Gasteiger partial charge in [0.05, 0.1) is 5.52 Å². The van der Waals surface area contributed by atoms with Crippen LogP contribution in [0.15, 0.2) is 194 Å². The fraction of sp³-hybridized carbons (Fsp3) is 0. The third-order valence-electron chi connectivity index (χ3n) is 10.8. The molecule has 0 saturated heterocycles. The Balaban J connectivity index is 1.13. The molecule has 0 N–H and O–H groups in total. The van der Waals surface area contributed by atoms with Gasteiger partial charge in [-0.05, 0) is 144 Å². The third-order valence-corrected chi connectivity index (χ3v) is 10.8. The van der Waals surface area contributed by atoms with Crippen molar-refractivity contribution in [2.75, 3.05) is 0 Å². The normalized spacial score (nSPS) is 11.6. The molecule has 4 nitrogen and oxygen atoms in total. The van der Waals surface area contributed by atoms with E-state index in [1.165, 1.54) is 43.1 Å². The van der Waals surface area contributed by atoms with Gasteiger partial charge in [-0.3, -0.25) is 4.98 Å². The van der Waals surface area contributed by atoms with Gasteiger partial charge >= 0.3 is 0 Å². The predicted molar refractivity (Wildman–Crippen MR) is 232 cm³/mol. The number of aromatic nitrogens is 4. The zero-order valence-electron chi connectivity index (χ0n) is 30.3. The van der Waals surface area contributed by atoms with Crippen molar-refractivity contribution in [2.45, 2.75) is 0 Å². The lowest BCUT2D eigenvalue weighted by Crippen LogP contribution is -2.00. The molecule has 0 amide bonds. The first-order valence-electron chi connectivity index (χ1n) is 18.8. The summed E-state index contributed by atoms with van der Waals surface area (Å²) >= 11 is 0. The van der Waals surface area contributed by atoms with Crippen molar-refractivity contribution in [3.05, 3.63) is 194 Å². The third kappa shape index (κ3) is 5.81. The lowest BCUT2D eigenvalue weighted by Gasteiger charge is -2.14. The van der Waals surface area contributed by atoms with Crippen LogP contribution < -0.4 is 0 Å². The number of benzene rings is 9. The van der Waals surface area contributed by atoms with Gasteiger partial charge in [0.15, 0.2) is 17.5 Å². The SMILES string of the molecule is c1ccc(-c2nc(-c3cc(-c4ccc5cc6ccccc6cc5c4)cc(-c4ccc5cc6ccccc6cc5c4)c3)nc(-c3ccc4ncccc4c3)n2)cc1. The Morgan fingerprint density at radius 2 is 0.661 bits per heavy atom. The largest absolute Gasteiger partial charge is 0.256 e. The molecule has 0 atom stereocenters. The molecule has 0 aliphatic carbocycles. The molecule has 0 fully saturated rings. The van der Waals surface area contributed by atoms with Crippen molar-refractivity contribution >= 4 is 54.0 Å². The molecule has 11 rings (SSSR count). The van der Waals surface area contributed by atoms with Gasteiger partial charge in [0.25, 0.3) is 0 Å². The van der Waals surface area contributed by atoms with E-state index < -0.39 is 0 Å². The second kappa shape index (κ2) is 13.1. The fourth-order valence-corrected chi connectivity index (χ4v) is 7.89. The van der Waals surface area contributed by atoms with Gasteiger partial charge in [-0.2, -0.15) is 0 Å². The monoisotopic (exact) mass is 712 g/mol. The summed E-state index contributed by atoms with van der Waals surface area (Å²) in [4.78, 5) is 19.9. The van der Waals surface area contributed by atoms with E-state index >= 15 is 0 Å². The minimum atomic E-state index is 0.613. The fourth-order valence-electron chi connectivity index (χ4n) is 7.89. The summed E-state index contributed by atoms with van der Waals surface area (Å²) in [5.74, 6) is 1.85. The van der Waals surface area contributed by atoms with Crippen LogP contribution in [0.2, 0.25) is 0 Å². The number of rotatable bonds is 5. The first-order valence-corrected chi connectivity index (χ1v) is 18.8. The van der Waals surface area contributed by atoms with E-state index in [-0.39, 0.29) is 0 Å². The number of hydrogen-bond donors (Lipinski definition) is 0. The zero-order chi connectivity index (χ0) is 37.0. The molecule has 0 unspecified atom stereocenters. The summed E-state index contributed by atoms with van der Waals surface area (Å²) in [7, 11) is 0. The molecule has 56 heavy (non-hydrogen) atoms. The smallest absolute Gasteiger partial charge is 0.164 e. The van der Waals surface area contributed by atoms with Crippen LogP contribution in [-0.4, -0.2) is 19.9 Å². The molecule has 260 valence electrons. The maximum atomic E-state index is 5.20. The van der Waals surface area contributed by atoms with Crippen LogP contribution in [0.5, 0.6) is 0 Å².